The first-order valence-corrected chi connectivity index (χ1v) is 23.5. The van der Waals surface area contributed by atoms with Crippen molar-refractivity contribution in [3.05, 3.63) is 11.6 Å². The monoisotopic (exact) mass is 840 g/mol. The van der Waals surface area contributed by atoms with Crippen LogP contribution in [0.15, 0.2) is 11.6 Å². The minimum absolute atomic E-state index is 0. The van der Waals surface area contributed by atoms with Crippen LogP contribution in [0.4, 0.5) is 0 Å². The Morgan fingerprint density at radius 1 is 0.825 bits per heavy atom. The van der Waals surface area contributed by atoms with Gasteiger partial charge in [-0.2, -0.15) is 0 Å². The van der Waals surface area contributed by atoms with E-state index in [4.69, 9.17) is 16.2 Å². The van der Waals surface area contributed by atoms with Crippen molar-refractivity contribution in [2.24, 2.45) is 63.7 Å². The number of carbonyl (C=O) groups excluding carboxylic acids is 2. The second-order valence-corrected chi connectivity index (χ2v) is 21.8. The molecule has 1 amide bonds. The van der Waals surface area contributed by atoms with Gasteiger partial charge in [0.2, 0.25) is 5.91 Å². The van der Waals surface area contributed by atoms with Crippen LogP contribution in [-0.4, -0.2) is 47.0 Å². The molecule has 8 heteroatoms. The lowest BCUT2D eigenvalue weighted by Gasteiger charge is -2.58. The van der Waals surface area contributed by atoms with Crippen molar-refractivity contribution in [2.75, 3.05) is 13.1 Å². The molecule has 0 spiro atoms. The fourth-order valence-corrected chi connectivity index (χ4v) is 12.4. The van der Waals surface area contributed by atoms with Crippen molar-refractivity contribution in [2.45, 2.75) is 221 Å². The van der Waals surface area contributed by atoms with Crippen molar-refractivity contribution in [1.82, 2.24) is 4.90 Å². The Kier molecular flexibility index (Phi) is 21.0. The van der Waals surface area contributed by atoms with E-state index in [0.717, 1.165) is 99.3 Å². The van der Waals surface area contributed by atoms with Gasteiger partial charge >= 0.3 is 5.97 Å². The quantitative estimate of drug-likeness (QED) is 0.0643. The maximum absolute atomic E-state index is 13.4. The van der Waals surface area contributed by atoms with Gasteiger partial charge in [-0.1, -0.05) is 91.7 Å². The summed E-state index contributed by atoms with van der Waals surface area (Å²) >= 11 is 0. The highest BCUT2D eigenvalue weighted by atomic mass is 35.5. The van der Waals surface area contributed by atoms with Gasteiger partial charge in [-0.15, -0.1) is 24.8 Å². The second-order valence-electron chi connectivity index (χ2n) is 21.8. The Hall–Kier alpha value is -0.820. The highest BCUT2D eigenvalue weighted by Gasteiger charge is 2.59. The molecular weight excluding hydrogens is 749 g/mol. The first kappa shape index (κ1) is 52.3. The third kappa shape index (κ3) is 14.7. The van der Waals surface area contributed by atoms with Gasteiger partial charge in [-0.25, -0.2) is 0 Å². The predicted octanol–water partition coefficient (Wildman–Crippen LogP) is 12.6. The molecule has 0 saturated heterocycles. The molecule has 334 valence electrons. The van der Waals surface area contributed by atoms with Crippen LogP contribution in [0.2, 0.25) is 0 Å². The van der Waals surface area contributed by atoms with Crippen molar-refractivity contribution < 1.29 is 14.3 Å². The molecule has 4 rings (SSSR count). The number of hydrogen-bond donors (Lipinski definition) is 2. The average Bonchev–Trinajstić information content (AvgIpc) is 3.45. The summed E-state index contributed by atoms with van der Waals surface area (Å²) in [5.41, 5.74) is 14.3. The summed E-state index contributed by atoms with van der Waals surface area (Å²) in [5.74, 6) is 5.81. The number of unbranched alkanes of at least 4 members (excludes halogenated alkanes) is 4. The van der Waals surface area contributed by atoms with Gasteiger partial charge in [-0.3, -0.25) is 9.59 Å². The van der Waals surface area contributed by atoms with E-state index in [2.05, 4.69) is 61.5 Å². The maximum Gasteiger partial charge on any atom is 0.306 e. The van der Waals surface area contributed by atoms with Crippen molar-refractivity contribution >= 4 is 36.7 Å². The highest BCUT2D eigenvalue weighted by Crippen LogP contribution is 2.67. The van der Waals surface area contributed by atoms with Gasteiger partial charge in [0.15, 0.2) is 0 Å². The highest BCUT2D eigenvalue weighted by molar-refractivity contribution is 5.85. The first-order chi connectivity index (χ1) is 25.8. The zero-order valence-corrected chi connectivity index (χ0v) is 40.2. The Morgan fingerprint density at radius 2 is 1.49 bits per heavy atom. The standard InChI is InChI=1S/C49H89N3O3.2ClH/c1-11-37(35(2)3)21-20-36(4)41-24-25-42-40-23-22-38-34-39(26-29-48(38,9)43(40)27-30-49(41,42)10)55-45(54)19-17-18-44(53)52(33-31-47(7,8)51)32-16-14-12-13-15-28-46(5,6)50;;/h22,35-37,39-43H,11-21,23-34,50-51H2,1-10H3;2*1H/t36-,37-,39?,40?,41?,42?,43?,48?,49?;;/m1../s1. The van der Waals surface area contributed by atoms with E-state index >= 15 is 0 Å². The number of halogens is 2. The first-order valence-electron chi connectivity index (χ1n) is 23.5. The summed E-state index contributed by atoms with van der Waals surface area (Å²) in [6, 6.07) is 0. The minimum Gasteiger partial charge on any atom is -0.462 e. The number of allylic oxidation sites excluding steroid dienone is 1. The van der Waals surface area contributed by atoms with Gasteiger partial charge in [0.1, 0.15) is 6.10 Å². The van der Waals surface area contributed by atoms with Gasteiger partial charge in [0.05, 0.1) is 0 Å². The van der Waals surface area contributed by atoms with E-state index < -0.39 is 0 Å². The van der Waals surface area contributed by atoms with Crippen molar-refractivity contribution in [3.8, 4) is 0 Å². The molecule has 4 aliphatic carbocycles. The summed E-state index contributed by atoms with van der Waals surface area (Å²) < 4.78 is 6.15. The predicted molar refractivity (Wildman–Crippen MR) is 246 cm³/mol. The third-order valence-corrected chi connectivity index (χ3v) is 16.0. The van der Waals surface area contributed by atoms with Crippen molar-refractivity contribution in [1.29, 1.82) is 0 Å². The van der Waals surface area contributed by atoms with Crippen LogP contribution in [0.25, 0.3) is 0 Å². The van der Waals surface area contributed by atoms with Crippen LogP contribution in [0.5, 0.6) is 0 Å². The van der Waals surface area contributed by atoms with E-state index in [1.165, 1.54) is 64.2 Å². The number of fused-ring (bicyclic) bond motifs is 5. The van der Waals surface area contributed by atoms with Gasteiger partial charge < -0.3 is 21.1 Å². The van der Waals surface area contributed by atoms with Crippen LogP contribution < -0.4 is 11.5 Å². The van der Waals surface area contributed by atoms with Gasteiger partial charge in [0.25, 0.3) is 0 Å². The lowest BCUT2D eigenvalue weighted by atomic mass is 9.47. The molecule has 0 aromatic heterocycles. The van der Waals surface area contributed by atoms with Crippen LogP contribution in [0.3, 0.4) is 0 Å². The summed E-state index contributed by atoms with van der Waals surface area (Å²) in [5, 5.41) is 0. The van der Waals surface area contributed by atoms with Gasteiger partial charge in [0, 0.05) is 43.4 Å². The zero-order valence-electron chi connectivity index (χ0n) is 38.6. The molecule has 4 N–H and O–H groups in total. The average molecular weight is 841 g/mol. The SMILES string of the molecule is CC[C@H](CC[C@@H](C)C1CCC2C3CC=C4CC(OC(=O)CCCC(=O)N(CCCCCCCC(C)(C)N)CCC(C)(C)N)CCC4(C)C3CCC21C)C(C)C.Cl.Cl. The van der Waals surface area contributed by atoms with Crippen LogP contribution >= 0.6 is 24.8 Å². The number of nitrogens with two attached hydrogens (primary N) is 2. The van der Waals surface area contributed by atoms with E-state index in [9.17, 15) is 9.59 Å². The van der Waals surface area contributed by atoms with Crippen molar-refractivity contribution in [3.63, 3.8) is 0 Å². The topological polar surface area (TPSA) is 98.7 Å². The number of rotatable bonds is 22. The number of esters is 1. The number of amides is 1. The summed E-state index contributed by atoms with van der Waals surface area (Å²) in [6.45, 7) is 24.7. The third-order valence-electron chi connectivity index (χ3n) is 16.0. The Bertz CT molecular complexity index is 1260. The zero-order chi connectivity index (χ0) is 40.6. The minimum atomic E-state index is -0.316. The number of ether oxygens (including phenoxy) is 1. The summed E-state index contributed by atoms with van der Waals surface area (Å²) in [6.07, 6.45) is 25.2. The molecule has 7 unspecified atom stereocenters. The van der Waals surface area contributed by atoms with Crippen LogP contribution in [0, 0.1) is 52.3 Å². The molecule has 4 aliphatic rings. The molecule has 0 heterocycles. The molecule has 0 bridgehead atoms. The Morgan fingerprint density at radius 3 is 2.14 bits per heavy atom. The molecule has 57 heavy (non-hydrogen) atoms. The van der Waals surface area contributed by atoms with Crippen LogP contribution in [0.1, 0.15) is 204 Å². The fraction of sp³-hybridized carbons (Fsp3) is 0.918. The Labute approximate surface area is 364 Å². The van der Waals surface area contributed by atoms with E-state index in [0.29, 0.717) is 31.2 Å². The lowest BCUT2D eigenvalue weighted by molar-refractivity contribution is -0.151. The molecule has 0 aromatic carbocycles. The molecule has 0 radical (unpaired) electrons. The van der Waals surface area contributed by atoms with E-state index in [-0.39, 0.29) is 59.3 Å². The normalized spacial score (nSPS) is 29.5. The molecule has 0 aromatic rings. The largest absolute Gasteiger partial charge is 0.462 e. The lowest BCUT2D eigenvalue weighted by Crippen LogP contribution is -2.51. The maximum atomic E-state index is 13.4. The van der Waals surface area contributed by atoms with Gasteiger partial charge in [-0.05, 0) is 157 Å². The molecule has 3 fully saturated rings. The number of hydrogen-bond acceptors (Lipinski definition) is 5. The molecule has 0 aliphatic heterocycles. The number of carbonyl (C=O) groups is 2. The Balaban J connectivity index is 0.00000561. The molecule has 9 atom stereocenters. The molecule has 3 saturated carbocycles. The van der Waals surface area contributed by atoms with E-state index in [1.807, 2.05) is 18.7 Å². The van der Waals surface area contributed by atoms with Crippen LogP contribution in [-0.2, 0) is 14.3 Å². The second kappa shape index (κ2) is 22.9. The summed E-state index contributed by atoms with van der Waals surface area (Å²) in [7, 11) is 0. The fourth-order valence-electron chi connectivity index (χ4n) is 12.4. The summed E-state index contributed by atoms with van der Waals surface area (Å²) in [4.78, 5) is 28.5. The van der Waals surface area contributed by atoms with E-state index in [1.54, 1.807) is 5.57 Å². The molecular formula is C49H91Cl2N3O3. The molecule has 6 nitrogen and oxygen atoms in total. The number of nitrogens with zero attached hydrogens (tertiary/aromatic N) is 1. The smallest absolute Gasteiger partial charge is 0.306 e.